The highest BCUT2D eigenvalue weighted by Crippen LogP contribution is 2.22. The van der Waals surface area contributed by atoms with Crippen LogP contribution in [0.15, 0.2) is 22.7 Å². The lowest BCUT2D eigenvalue weighted by Gasteiger charge is -2.32. The van der Waals surface area contributed by atoms with Gasteiger partial charge in [-0.05, 0) is 43.5 Å². The Hall–Kier alpha value is -0.910. The Bertz CT molecular complexity index is 492. The van der Waals surface area contributed by atoms with Crippen LogP contribution in [0.3, 0.4) is 0 Å². The Morgan fingerprint density at radius 2 is 2.33 bits per heavy atom. The molecule has 21 heavy (non-hydrogen) atoms. The third kappa shape index (κ3) is 4.80. The summed E-state index contributed by atoms with van der Waals surface area (Å²) in [5.74, 6) is 0.245. The number of benzene rings is 1. The van der Waals surface area contributed by atoms with Crippen molar-refractivity contribution < 1.29 is 4.79 Å². The normalized spacial score (nSPS) is 19.5. The number of likely N-dealkylation sites (tertiary alicyclic amines) is 1. The number of amides is 1. The van der Waals surface area contributed by atoms with Crippen molar-refractivity contribution in [1.82, 2.24) is 10.2 Å². The molecule has 0 spiro atoms. The van der Waals surface area contributed by atoms with Crippen LogP contribution in [0.5, 0.6) is 0 Å². The number of carbonyl (C=O) groups excluding carboxylic acids is 1. The molecule has 0 saturated carbocycles. The first-order chi connectivity index (χ1) is 10.1. The van der Waals surface area contributed by atoms with Crippen LogP contribution in [0.1, 0.15) is 24.0 Å². The van der Waals surface area contributed by atoms with E-state index in [1.54, 1.807) is 0 Å². The van der Waals surface area contributed by atoms with Gasteiger partial charge in [-0.15, -0.1) is 0 Å². The van der Waals surface area contributed by atoms with Crippen LogP contribution in [0, 0.1) is 12.8 Å². The zero-order chi connectivity index (χ0) is 15.2. The molecule has 1 atom stereocenters. The van der Waals surface area contributed by atoms with Crippen LogP contribution in [0.4, 0.5) is 0 Å². The van der Waals surface area contributed by atoms with E-state index in [0.29, 0.717) is 13.1 Å². The molecule has 0 aliphatic carbocycles. The summed E-state index contributed by atoms with van der Waals surface area (Å²) >= 11 is 3.58. The minimum Gasteiger partial charge on any atom is -0.355 e. The molecular weight excluding hydrogens is 330 g/mol. The lowest BCUT2D eigenvalue weighted by Crippen LogP contribution is -2.43. The number of carbonyl (C=O) groups is 1. The molecule has 0 radical (unpaired) electrons. The zero-order valence-electron chi connectivity index (χ0n) is 12.6. The van der Waals surface area contributed by atoms with Gasteiger partial charge in [0.05, 0.1) is 5.92 Å². The summed E-state index contributed by atoms with van der Waals surface area (Å²) in [7, 11) is 0. The van der Waals surface area contributed by atoms with Crippen molar-refractivity contribution in [2.75, 3.05) is 26.2 Å². The van der Waals surface area contributed by atoms with Gasteiger partial charge in [-0.1, -0.05) is 28.1 Å². The van der Waals surface area contributed by atoms with E-state index in [2.05, 4.69) is 51.3 Å². The first-order valence-corrected chi connectivity index (χ1v) is 8.34. The third-order valence-corrected chi connectivity index (χ3v) is 4.82. The first-order valence-electron chi connectivity index (χ1n) is 7.55. The first kappa shape index (κ1) is 16.5. The van der Waals surface area contributed by atoms with Crippen LogP contribution in [0.2, 0.25) is 0 Å². The number of aryl methyl sites for hydroxylation is 1. The van der Waals surface area contributed by atoms with E-state index < -0.39 is 0 Å². The molecule has 1 heterocycles. The minimum atomic E-state index is 0.0965. The quantitative estimate of drug-likeness (QED) is 0.851. The molecule has 1 fully saturated rings. The Morgan fingerprint density at radius 3 is 3.05 bits per heavy atom. The molecule has 1 aromatic carbocycles. The summed E-state index contributed by atoms with van der Waals surface area (Å²) in [4.78, 5) is 14.4. The van der Waals surface area contributed by atoms with Crippen molar-refractivity contribution in [3.63, 3.8) is 0 Å². The molecule has 2 rings (SSSR count). The predicted molar refractivity (Wildman–Crippen MR) is 88.9 cm³/mol. The Balaban J connectivity index is 1.91. The summed E-state index contributed by atoms with van der Waals surface area (Å²) < 4.78 is 1.15. The molecule has 116 valence electrons. The number of nitrogens with two attached hydrogens (primary N) is 1. The predicted octanol–water partition coefficient (Wildman–Crippen LogP) is 2.04. The summed E-state index contributed by atoms with van der Waals surface area (Å²) in [5.41, 5.74) is 7.97. The molecule has 5 heteroatoms. The summed E-state index contributed by atoms with van der Waals surface area (Å²) in [5, 5.41) is 2.90. The van der Waals surface area contributed by atoms with E-state index >= 15 is 0 Å². The van der Waals surface area contributed by atoms with E-state index in [-0.39, 0.29) is 11.8 Å². The van der Waals surface area contributed by atoms with Crippen molar-refractivity contribution in [2.24, 2.45) is 11.7 Å². The molecule has 3 N–H and O–H groups in total. The van der Waals surface area contributed by atoms with Crippen molar-refractivity contribution in [3.05, 3.63) is 33.8 Å². The number of nitrogens with one attached hydrogen (secondary N) is 1. The minimum absolute atomic E-state index is 0.0965. The van der Waals surface area contributed by atoms with Crippen LogP contribution in [-0.2, 0) is 11.3 Å². The molecule has 4 nitrogen and oxygen atoms in total. The SMILES string of the molecule is Cc1ccc(CN2CCCC(C(=O)NCCN)C2)cc1Br. The molecular formula is C16H24BrN3O. The van der Waals surface area contributed by atoms with Gasteiger partial charge < -0.3 is 11.1 Å². The zero-order valence-corrected chi connectivity index (χ0v) is 14.2. The fourth-order valence-corrected chi connectivity index (χ4v) is 3.17. The average molecular weight is 354 g/mol. The number of nitrogens with zero attached hydrogens (tertiary/aromatic N) is 1. The monoisotopic (exact) mass is 353 g/mol. The molecule has 1 amide bonds. The molecule has 1 saturated heterocycles. The van der Waals surface area contributed by atoms with Crippen molar-refractivity contribution in [3.8, 4) is 0 Å². The van der Waals surface area contributed by atoms with E-state index in [4.69, 9.17) is 5.73 Å². The third-order valence-electron chi connectivity index (χ3n) is 3.96. The summed E-state index contributed by atoms with van der Waals surface area (Å²) in [6, 6.07) is 6.47. The highest BCUT2D eigenvalue weighted by molar-refractivity contribution is 9.10. The number of halogens is 1. The maximum atomic E-state index is 12.1. The highest BCUT2D eigenvalue weighted by Gasteiger charge is 2.25. The standard InChI is InChI=1S/C16H24BrN3O/c1-12-4-5-13(9-15(12)17)10-20-8-2-3-14(11-20)16(21)19-7-6-18/h4-5,9,14H,2-3,6-8,10-11,18H2,1H3,(H,19,21). The largest absolute Gasteiger partial charge is 0.355 e. The summed E-state index contributed by atoms with van der Waals surface area (Å²) in [6.07, 6.45) is 2.05. The summed E-state index contributed by atoms with van der Waals surface area (Å²) in [6.45, 7) is 5.96. The van der Waals surface area contributed by atoms with E-state index in [1.165, 1.54) is 11.1 Å². The van der Waals surface area contributed by atoms with Gasteiger partial charge in [-0.3, -0.25) is 9.69 Å². The van der Waals surface area contributed by atoms with Gasteiger partial charge in [0.25, 0.3) is 0 Å². The molecule has 1 aliphatic rings. The van der Waals surface area contributed by atoms with Crippen LogP contribution >= 0.6 is 15.9 Å². The van der Waals surface area contributed by atoms with Crippen LogP contribution < -0.4 is 11.1 Å². The molecule has 0 bridgehead atoms. The van der Waals surface area contributed by atoms with Crippen molar-refractivity contribution in [2.45, 2.75) is 26.3 Å². The number of rotatable bonds is 5. The second-order valence-electron chi connectivity index (χ2n) is 5.74. The molecule has 0 aromatic heterocycles. The van der Waals surface area contributed by atoms with Gasteiger partial charge >= 0.3 is 0 Å². The van der Waals surface area contributed by atoms with Gasteiger partial charge in [-0.25, -0.2) is 0 Å². The van der Waals surface area contributed by atoms with E-state index in [1.807, 2.05) is 0 Å². The second-order valence-corrected chi connectivity index (χ2v) is 6.59. The fourth-order valence-electron chi connectivity index (χ4n) is 2.75. The fraction of sp³-hybridized carbons (Fsp3) is 0.562. The molecule has 1 unspecified atom stereocenters. The van der Waals surface area contributed by atoms with Crippen LogP contribution in [-0.4, -0.2) is 37.0 Å². The Morgan fingerprint density at radius 1 is 1.52 bits per heavy atom. The van der Waals surface area contributed by atoms with Crippen LogP contribution in [0.25, 0.3) is 0 Å². The van der Waals surface area contributed by atoms with Crippen molar-refractivity contribution in [1.29, 1.82) is 0 Å². The number of hydrogen-bond donors (Lipinski definition) is 2. The lowest BCUT2D eigenvalue weighted by atomic mass is 9.96. The smallest absolute Gasteiger partial charge is 0.224 e. The van der Waals surface area contributed by atoms with Gasteiger partial charge in [0.2, 0.25) is 5.91 Å². The maximum absolute atomic E-state index is 12.1. The number of piperidine rings is 1. The van der Waals surface area contributed by atoms with Gasteiger partial charge in [0.15, 0.2) is 0 Å². The Labute approximate surface area is 135 Å². The number of hydrogen-bond acceptors (Lipinski definition) is 3. The van der Waals surface area contributed by atoms with Gasteiger partial charge in [0, 0.05) is 30.7 Å². The van der Waals surface area contributed by atoms with Gasteiger partial charge in [0.1, 0.15) is 0 Å². The Kier molecular flexibility index (Phi) is 6.21. The second kappa shape index (κ2) is 7.92. The lowest BCUT2D eigenvalue weighted by molar-refractivity contribution is -0.126. The van der Waals surface area contributed by atoms with Crippen molar-refractivity contribution >= 4 is 21.8 Å². The maximum Gasteiger partial charge on any atom is 0.224 e. The van der Waals surface area contributed by atoms with E-state index in [9.17, 15) is 4.79 Å². The molecule has 1 aliphatic heterocycles. The molecule has 1 aromatic rings. The average Bonchev–Trinajstić information content (AvgIpc) is 2.49. The van der Waals surface area contributed by atoms with Gasteiger partial charge in [-0.2, -0.15) is 0 Å². The topological polar surface area (TPSA) is 58.4 Å². The highest BCUT2D eigenvalue weighted by atomic mass is 79.9. The van der Waals surface area contributed by atoms with E-state index in [0.717, 1.165) is 36.9 Å².